The lowest BCUT2D eigenvalue weighted by atomic mass is 9.80. The van der Waals surface area contributed by atoms with E-state index in [0.29, 0.717) is 12.0 Å². The van der Waals surface area contributed by atoms with Crippen LogP contribution in [0.15, 0.2) is 6.33 Å². The summed E-state index contributed by atoms with van der Waals surface area (Å²) in [5.41, 5.74) is 2.51. The Bertz CT molecular complexity index is 512. The van der Waals surface area contributed by atoms with Crippen molar-refractivity contribution in [3.63, 3.8) is 0 Å². The lowest BCUT2D eigenvalue weighted by molar-refractivity contribution is 0.0977. The van der Waals surface area contributed by atoms with Crippen LogP contribution >= 0.6 is 0 Å². The summed E-state index contributed by atoms with van der Waals surface area (Å²) in [7, 11) is 0. The zero-order valence-corrected chi connectivity index (χ0v) is 11.8. The molecule has 5 heteroatoms. The van der Waals surface area contributed by atoms with Gasteiger partial charge in [0.15, 0.2) is 0 Å². The number of rotatable bonds is 0. The first kappa shape index (κ1) is 12.2. The van der Waals surface area contributed by atoms with E-state index < -0.39 is 0 Å². The molecule has 3 aliphatic rings. The number of hydrogen-bond acceptors (Lipinski definition) is 2. The van der Waals surface area contributed by atoms with Crippen molar-refractivity contribution in [1.82, 2.24) is 19.8 Å². The number of H-pyrrole nitrogens is 1. The van der Waals surface area contributed by atoms with Gasteiger partial charge >= 0.3 is 6.03 Å². The maximum absolute atomic E-state index is 12.7. The third kappa shape index (κ3) is 1.91. The maximum atomic E-state index is 12.7. The molecular weight excluding hydrogens is 252 g/mol. The molecule has 1 aliphatic carbocycles. The second kappa shape index (κ2) is 4.79. The highest BCUT2D eigenvalue weighted by Gasteiger charge is 2.39. The van der Waals surface area contributed by atoms with Gasteiger partial charge < -0.3 is 14.8 Å². The number of amides is 2. The number of fused-ring (bicyclic) bond motifs is 4. The smallest absolute Gasteiger partial charge is 0.320 e. The van der Waals surface area contributed by atoms with Gasteiger partial charge in [-0.25, -0.2) is 9.78 Å². The molecule has 0 saturated carbocycles. The molecule has 0 unspecified atom stereocenters. The molecular formula is C15H24N4O. The molecule has 2 atom stereocenters. The fourth-order valence-electron chi connectivity index (χ4n) is 4.09. The van der Waals surface area contributed by atoms with Gasteiger partial charge in [0.2, 0.25) is 0 Å². The Kier molecular flexibility index (Phi) is 2.93. The zero-order chi connectivity index (χ0) is 13.5. The van der Waals surface area contributed by atoms with Crippen molar-refractivity contribution in [2.45, 2.75) is 50.5 Å². The summed E-state index contributed by atoms with van der Waals surface area (Å²) in [4.78, 5) is 24.7. The summed E-state index contributed by atoms with van der Waals surface area (Å²) in [6, 6.07) is 0.646. The monoisotopic (exact) mass is 276 g/mol. The van der Waals surface area contributed by atoms with Crippen molar-refractivity contribution >= 4 is 6.03 Å². The fourth-order valence-corrected chi connectivity index (χ4v) is 4.09. The molecule has 2 fully saturated rings. The number of imidazole rings is 1. The van der Waals surface area contributed by atoms with Crippen molar-refractivity contribution in [1.29, 1.82) is 0 Å². The number of nitrogens with zero attached hydrogens (tertiary/aromatic N) is 3. The van der Waals surface area contributed by atoms with Crippen LogP contribution in [0.5, 0.6) is 0 Å². The Morgan fingerprint density at radius 2 is 2.15 bits per heavy atom. The van der Waals surface area contributed by atoms with Gasteiger partial charge in [-0.15, -0.1) is 0 Å². The average Bonchev–Trinajstić information content (AvgIpc) is 2.96. The second-order valence-electron chi connectivity index (χ2n) is 6.37. The van der Waals surface area contributed by atoms with Crippen LogP contribution in [0.4, 0.5) is 4.79 Å². The Labute approximate surface area is 120 Å². The van der Waals surface area contributed by atoms with Crippen molar-refractivity contribution < 1.29 is 6.22 Å². The first-order chi connectivity index (χ1) is 9.83. The average molecular weight is 276 g/mol. The fraction of sp³-hybridized carbons (Fsp3) is 0.733. The summed E-state index contributed by atoms with van der Waals surface area (Å²) in [5, 5.41) is 0. The molecule has 0 aromatic carbocycles. The number of piperidine rings is 2. The molecule has 1 N–H and O–H groups in total. The number of aromatic nitrogens is 2. The third-order valence-electron chi connectivity index (χ3n) is 5.17. The molecule has 1 aromatic rings. The molecule has 3 heterocycles. The van der Waals surface area contributed by atoms with Gasteiger partial charge in [0, 0.05) is 45.1 Å². The van der Waals surface area contributed by atoms with E-state index in [1.165, 1.54) is 17.8 Å². The first-order valence-electron chi connectivity index (χ1n) is 7.90. The predicted octanol–water partition coefficient (Wildman–Crippen LogP) is 2.37. The SMILES string of the molecule is O=C(N1CCCCC1)N1CC[C@@H]2C[C@H]1Cc1[nH]cnc12.[HH]. The summed E-state index contributed by atoms with van der Waals surface area (Å²) in [5.74, 6) is 0.556. The van der Waals surface area contributed by atoms with Crippen molar-refractivity contribution in [2.75, 3.05) is 19.6 Å². The Hall–Kier alpha value is -1.52. The van der Waals surface area contributed by atoms with Crippen LogP contribution in [-0.2, 0) is 6.42 Å². The summed E-state index contributed by atoms with van der Waals surface area (Å²) in [6.45, 7) is 2.79. The number of likely N-dealkylation sites (tertiary alicyclic amines) is 2. The molecule has 4 rings (SSSR count). The minimum Gasteiger partial charge on any atom is -0.348 e. The van der Waals surface area contributed by atoms with Gasteiger partial charge in [0.25, 0.3) is 0 Å². The van der Waals surface area contributed by atoms with Gasteiger partial charge in [-0.2, -0.15) is 0 Å². The number of urea groups is 1. The summed E-state index contributed by atoms with van der Waals surface area (Å²) in [6.07, 6.45) is 8.51. The highest BCUT2D eigenvalue weighted by molar-refractivity contribution is 5.75. The molecule has 2 aliphatic heterocycles. The van der Waals surface area contributed by atoms with Gasteiger partial charge in [0.05, 0.1) is 12.0 Å². The number of hydrogen-bond donors (Lipinski definition) is 1. The number of carbonyl (C=O) groups excluding carboxylic acids is 1. The second-order valence-corrected chi connectivity index (χ2v) is 6.37. The van der Waals surface area contributed by atoms with Gasteiger partial charge in [-0.3, -0.25) is 0 Å². The lowest BCUT2D eigenvalue weighted by Gasteiger charge is -2.44. The van der Waals surface area contributed by atoms with Crippen molar-refractivity contribution in [3.8, 4) is 0 Å². The van der Waals surface area contributed by atoms with Crippen molar-refractivity contribution in [2.24, 2.45) is 0 Å². The van der Waals surface area contributed by atoms with Crippen LogP contribution in [0.2, 0.25) is 0 Å². The standard InChI is InChI=1S/C15H22N4O.H2/c20-15(18-5-2-1-3-6-18)19-7-4-11-8-12(19)9-13-14(11)17-10-16-13;/h10-12H,1-9H2,(H,16,17);1H/t11-,12+;/m1./s1. The van der Waals surface area contributed by atoms with E-state index in [1.54, 1.807) is 0 Å². The number of nitrogens with one attached hydrogen (secondary N) is 1. The Morgan fingerprint density at radius 3 is 3.00 bits per heavy atom. The Morgan fingerprint density at radius 1 is 1.30 bits per heavy atom. The van der Waals surface area contributed by atoms with Crippen molar-refractivity contribution in [3.05, 3.63) is 17.7 Å². The molecule has 110 valence electrons. The van der Waals surface area contributed by atoms with E-state index in [0.717, 1.165) is 51.7 Å². The van der Waals surface area contributed by atoms with E-state index >= 15 is 0 Å². The molecule has 2 saturated heterocycles. The summed E-state index contributed by atoms with van der Waals surface area (Å²) >= 11 is 0. The molecule has 20 heavy (non-hydrogen) atoms. The largest absolute Gasteiger partial charge is 0.348 e. The molecule has 2 bridgehead atoms. The minimum absolute atomic E-state index is 0. The van der Waals surface area contributed by atoms with Crippen LogP contribution in [0.25, 0.3) is 0 Å². The highest BCUT2D eigenvalue weighted by Crippen LogP contribution is 2.38. The van der Waals surface area contributed by atoms with Crippen LogP contribution in [0.3, 0.4) is 0 Å². The molecule has 0 radical (unpaired) electrons. The van der Waals surface area contributed by atoms with Gasteiger partial charge in [-0.1, -0.05) is 0 Å². The van der Waals surface area contributed by atoms with Crippen LogP contribution < -0.4 is 0 Å². The predicted molar refractivity (Wildman–Crippen MR) is 77.7 cm³/mol. The minimum atomic E-state index is 0. The van der Waals surface area contributed by atoms with Gasteiger partial charge in [0.1, 0.15) is 0 Å². The van der Waals surface area contributed by atoms with Crippen LogP contribution in [0, 0.1) is 0 Å². The normalized spacial score (nSPS) is 29.2. The van der Waals surface area contributed by atoms with Crippen LogP contribution in [-0.4, -0.2) is 51.5 Å². The molecule has 0 spiro atoms. The zero-order valence-electron chi connectivity index (χ0n) is 11.8. The summed E-state index contributed by atoms with van der Waals surface area (Å²) < 4.78 is 0. The number of aromatic amines is 1. The van der Waals surface area contributed by atoms with E-state index in [9.17, 15) is 4.79 Å². The first-order valence-corrected chi connectivity index (χ1v) is 7.90. The highest BCUT2D eigenvalue weighted by atomic mass is 16.2. The Balaban J connectivity index is 0.00000132. The van der Waals surface area contributed by atoms with Crippen LogP contribution in [0.1, 0.15) is 50.8 Å². The molecule has 5 nitrogen and oxygen atoms in total. The maximum Gasteiger partial charge on any atom is 0.320 e. The van der Waals surface area contributed by atoms with E-state index in [2.05, 4.69) is 19.8 Å². The molecule has 1 aromatic heterocycles. The molecule has 2 amide bonds. The van der Waals surface area contributed by atoms with Gasteiger partial charge in [-0.05, 0) is 32.1 Å². The topological polar surface area (TPSA) is 52.2 Å². The van der Waals surface area contributed by atoms with E-state index in [1.807, 2.05) is 6.33 Å². The van der Waals surface area contributed by atoms with E-state index in [4.69, 9.17) is 0 Å². The third-order valence-corrected chi connectivity index (χ3v) is 5.17. The lowest BCUT2D eigenvalue weighted by Crippen LogP contribution is -2.54. The quantitative estimate of drug-likeness (QED) is 0.791. The number of carbonyl (C=O) groups is 1. The van der Waals surface area contributed by atoms with E-state index in [-0.39, 0.29) is 7.46 Å².